The first kappa shape index (κ1) is 13.6. The van der Waals surface area contributed by atoms with Gasteiger partial charge in [0, 0.05) is 25.4 Å². The van der Waals surface area contributed by atoms with E-state index in [0.29, 0.717) is 6.54 Å². The number of nitrogens with one attached hydrogen (secondary N) is 1. The molecule has 1 aliphatic heterocycles. The summed E-state index contributed by atoms with van der Waals surface area (Å²) in [6.07, 6.45) is 4.44. The highest BCUT2D eigenvalue weighted by Crippen LogP contribution is 2.16. The molecule has 0 aromatic carbocycles. The summed E-state index contributed by atoms with van der Waals surface area (Å²) in [5.41, 5.74) is 0.938. The van der Waals surface area contributed by atoms with Crippen molar-refractivity contribution in [2.24, 2.45) is 13.0 Å². The first-order chi connectivity index (χ1) is 9.01. The maximum Gasteiger partial charge on any atom is 0.246 e. The average Bonchev–Trinajstić information content (AvgIpc) is 2.78. The molecule has 2 unspecified atom stereocenters. The summed E-state index contributed by atoms with van der Waals surface area (Å²) in [4.78, 5) is 25.7. The maximum absolute atomic E-state index is 12.4. The zero-order valence-electron chi connectivity index (χ0n) is 11.6. The second-order valence-corrected chi connectivity index (χ2v) is 5.15. The molecule has 0 spiro atoms. The number of hydrogen-bond acceptors (Lipinski definition) is 3. The van der Waals surface area contributed by atoms with Crippen molar-refractivity contribution in [1.29, 1.82) is 0 Å². The quantitative estimate of drug-likeness (QED) is 0.850. The molecular formula is C13H20N4O2. The molecule has 0 aliphatic carbocycles. The summed E-state index contributed by atoms with van der Waals surface area (Å²) in [5, 5.41) is 6.86. The van der Waals surface area contributed by atoms with Gasteiger partial charge in [0.1, 0.15) is 6.04 Å². The fraction of sp³-hybridized carbons (Fsp3) is 0.615. The van der Waals surface area contributed by atoms with Gasteiger partial charge in [-0.15, -0.1) is 0 Å². The summed E-state index contributed by atoms with van der Waals surface area (Å²) >= 11 is 0. The highest BCUT2D eigenvalue weighted by atomic mass is 16.2. The summed E-state index contributed by atoms with van der Waals surface area (Å²) < 4.78 is 1.69. The lowest BCUT2D eigenvalue weighted by Gasteiger charge is -2.34. The Morgan fingerprint density at radius 1 is 1.53 bits per heavy atom. The number of aromatic nitrogens is 2. The molecule has 1 aromatic heterocycles. The zero-order chi connectivity index (χ0) is 14.0. The standard InChI is InChI=1S/C13H20N4O2/c1-4-9(2)12-13(19)17(8-11(18)15-12)7-10-5-14-16(3)6-10/h5-6,9,12H,4,7-8H2,1-3H3,(H,15,18). The molecule has 2 atom stereocenters. The second-order valence-electron chi connectivity index (χ2n) is 5.15. The van der Waals surface area contributed by atoms with Crippen molar-refractivity contribution in [1.82, 2.24) is 20.0 Å². The van der Waals surface area contributed by atoms with E-state index in [2.05, 4.69) is 10.4 Å². The predicted octanol–water partition coefficient (Wildman–Crippen LogP) is 0.293. The SMILES string of the molecule is CCC(C)C1NC(=O)CN(Cc2cnn(C)c2)C1=O. The van der Waals surface area contributed by atoms with E-state index in [0.717, 1.165) is 12.0 Å². The van der Waals surface area contributed by atoms with E-state index in [-0.39, 0.29) is 24.3 Å². The van der Waals surface area contributed by atoms with Crippen LogP contribution in [-0.4, -0.2) is 39.1 Å². The number of hydrogen-bond donors (Lipinski definition) is 1. The monoisotopic (exact) mass is 264 g/mol. The van der Waals surface area contributed by atoms with Crippen LogP contribution in [0.2, 0.25) is 0 Å². The molecule has 1 saturated heterocycles. The molecule has 104 valence electrons. The highest BCUT2D eigenvalue weighted by Gasteiger charge is 2.35. The number of carbonyl (C=O) groups is 2. The Morgan fingerprint density at radius 3 is 2.84 bits per heavy atom. The Labute approximate surface area is 112 Å². The summed E-state index contributed by atoms with van der Waals surface area (Å²) in [5.74, 6) is 0.0553. The van der Waals surface area contributed by atoms with Crippen molar-refractivity contribution in [2.75, 3.05) is 6.54 Å². The molecule has 1 N–H and O–H groups in total. The zero-order valence-corrected chi connectivity index (χ0v) is 11.6. The van der Waals surface area contributed by atoms with Gasteiger partial charge in [-0.2, -0.15) is 5.10 Å². The Balaban J connectivity index is 2.11. The van der Waals surface area contributed by atoms with Gasteiger partial charge in [0.25, 0.3) is 0 Å². The first-order valence-corrected chi connectivity index (χ1v) is 6.57. The van der Waals surface area contributed by atoms with Crippen LogP contribution in [-0.2, 0) is 23.2 Å². The van der Waals surface area contributed by atoms with Crippen molar-refractivity contribution in [3.8, 4) is 0 Å². The molecule has 6 nitrogen and oxygen atoms in total. The van der Waals surface area contributed by atoms with Gasteiger partial charge in [-0.3, -0.25) is 14.3 Å². The Bertz CT molecular complexity index is 483. The third-order valence-electron chi connectivity index (χ3n) is 3.57. The Morgan fingerprint density at radius 2 is 2.26 bits per heavy atom. The lowest BCUT2D eigenvalue weighted by atomic mass is 9.96. The molecule has 1 aromatic rings. The topological polar surface area (TPSA) is 67.2 Å². The van der Waals surface area contributed by atoms with Crippen LogP contribution in [0.1, 0.15) is 25.8 Å². The molecule has 0 saturated carbocycles. The van der Waals surface area contributed by atoms with E-state index in [1.807, 2.05) is 27.1 Å². The molecule has 1 fully saturated rings. The van der Waals surface area contributed by atoms with E-state index < -0.39 is 6.04 Å². The smallest absolute Gasteiger partial charge is 0.246 e. The predicted molar refractivity (Wildman–Crippen MR) is 70.0 cm³/mol. The van der Waals surface area contributed by atoms with Crippen LogP contribution in [0.5, 0.6) is 0 Å². The van der Waals surface area contributed by atoms with E-state index in [1.54, 1.807) is 15.8 Å². The van der Waals surface area contributed by atoms with Crippen molar-refractivity contribution in [3.05, 3.63) is 18.0 Å². The van der Waals surface area contributed by atoms with Gasteiger partial charge in [-0.1, -0.05) is 20.3 Å². The molecular weight excluding hydrogens is 244 g/mol. The molecule has 2 amide bonds. The van der Waals surface area contributed by atoms with Crippen LogP contribution in [0.4, 0.5) is 0 Å². The van der Waals surface area contributed by atoms with Crippen LogP contribution in [0, 0.1) is 5.92 Å². The third kappa shape index (κ3) is 2.94. The molecule has 6 heteroatoms. The van der Waals surface area contributed by atoms with E-state index in [1.165, 1.54) is 0 Å². The number of piperazine rings is 1. The van der Waals surface area contributed by atoms with E-state index in [9.17, 15) is 9.59 Å². The molecule has 2 heterocycles. The van der Waals surface area contributed by atoms with E-state index >= 15 is 0 Å². The van der Waals surface area contributed by atoms with Gasteiger partial charge in [0.05, 0.1) is 12.7 Å². The average molecular weight is 264 g/mol. The number of amides is 2. The van der Waals surface area contributed by atoms with Crippen LogP contribution in [0.25, 0.3) is 0 Å². The summed E-state index contributed by atoms with van der Waals surface area (Å²) in [6, 6.07) is -0.400. The molecule has 2 rings (SSSR count). The van der Waals surface area contributed by atoms with Crippen molar-refractivity contribution >= 4 is 11.8 Å². The first-order valence-electron chi connectivity index (χ1n) is 6.57. The molecule has 19 heavy (non-hydrogen) atoms. The van der Waals surface area contributed by atoms with Crippen molar-refractivity contribution in [2.45, 2.75) is 32.9 Å². The summed E-state index contributed by atoms with van der Waals surface area (Å²) in [7, 11) is 1.83. The fourth-order valence-corrected chi connectivity index (χ4v) is 2.26. The van der Waals surface area contributed by atoms with Crippen LogP contribution < -0.4 is 5.32 Å². The number of rotatable bonds is 4. The van der Waals surface area contributed by atoms with Gasteiger partial charge >= 0.3 is 0 Å². The lowest BCUT2D eigenvalue weighted by molar-refractivity contribution is -0.146. The molecule has 1 aliphatic rings. The number of carbonyl (C=O) groups excluding carboxylic acids is 2. The van der Waals surface area contributed by atoms with Crippen LogP contribution >= 0.6 is 0 Å². The highest BCUT2D eigenvalue weighted by molar-refractivity contribution is 5.94. The van der Waals surface area contributed by atoms with Crippen molar-refractivity contribution < 1.29 is 9.59 Å². The lowest BCUT2D eigenvalue weighted by Crippen LogP contribution is -2.59. The van der Waals surface area contributed by atoms with Gasteiger partial charge in [-0.25, -0.2) is 0 Å². The van der Waals surface area contributed by atoms with Gasteiger partial charge in [-0.05, 0) is 5.92 Å². The number of aryl methyl sites for hydroxylation is 1. The minimum absolute atomic E-state index is 0.00203. The molecule has 0 bridgehead atoms. The number of nitrogens with zero attached hydrogens (tertiary/aromatic N) is 3. The minimum atomic E-state index is -0.400. The largest absolute Gasteiger partial charge is 0.342 e. The van der Waals surface area contributed by atoms with E-state index in [4.69, 9.17) is 0 Å². The maximum atomic E-state index is 12.4. The van der Waals surface area contributed by atoms with Crippen molar-refractivity contribution in [3.63, 3.8) is 0 Å². The summed E-state index contributed by atoms with van der Waals surface area (Å²) in [6.45, 7) is 4.56. The van der Waals surface area contributed by atoms with Crippen LogP contribution in [0.3, 0.4) is 0 Å². The molecule has 0 radical (unpaired) electrons. The van der Waals surface area contributed by atoms with Gasteiger partial charge in [0.2, 0.25) is 11.8 Å². The van der Waals surface area contributed by atoms with Gasteiger partial charge < -0.3 is 10.2 Å². The minimum Gasteiger partial charge on any atom is -0.342 e. The van der Waals surface area contributed by atoms with Gasteiger partial charge in [0.15, 0.2) is 0 Å². The Kier molecular flexibility index (Phi) is 3.87. The Hall–Kier alpha value is -1.85. The fourth-order valence-electron chi connectivity index (χ4n) is 2.26. The second kappa shape index (κ2) is 5.42. The normalized spacial score (nSPS) is 21.4. The third-order valence-corrected chi connectivity index (χ3v) is 3.57. The van der Waals surface area contributed by atoms with Crippen LogP contribution in [0.15, 0.2) is 12.4 Å².